The molecular weight excluding hydrogens is 334 g/mol. The number of amides is 1. The number of hydrogen-bond donors (Lipinski definition) is 0. The average molecular weight is 357 g/mol. The van der Waals surface area contributed by atoms with E-state index in [1.54, 1.807) is 16.2 Å². The van der Waals surface area contributed by atoms with Crippen LogP contribution < -0.4 is 0 Å². The van der Waals surface area contributed by atoms with E-state index in [0.29, 0.717) is 13.1 Å². The van der Waals surface area contributed by atoms with E-state index >= 15 is 0 Å². The van der Waals surface area contributed by atoms with Gasteiger partial charge in [-0.15, -0.1) is 11.3 Å². The summed E-state index contributed by atoms with van der Waals surface area (Å²) >= 11 is 1.64. The fourth-order valence-corrected chi connectivity index (χ4v) is 3.75. The lowest BCUT2D eigenvalue weighted by Gasteiger charge is -2.25. The highest BCUT2D eigenvalue weighted by Gasteiger charge is 2.21. The number of rotatable bonds is 6. The third-order valence-corrected chi connectivity index (χ3v) is 5.48. The molecule has 0 aliphatic carbocycles. The van der Waals surface area contributed by atoms with E-state index in [-0.39, 0.29) is 11.9 Å². The van der Waals surface area contributed by atoms with E-state index in [1.807, 2.05) is 63.2 Å². The maximum atomic E-state index is 12.6. The maximum Gasteiger partial charge on any atom is 0.237 e. The number of carbonyl (C=O) groups is 1. The molecule has 1 amide bonds. The lowest BCUT2D eigenvalue weighted by Crippen LogP contribution is -2.37. The molecule has 2 heterocycles. The van der Waals surface area contributed by atoms with E-state index in [0.717, 1.165) is 26.7 Å². The van der Waals surface area contributed by atoms with Gasteiger partial charge in [-0.25, -0.2) is 4.98 Å². The van der Waals surface area contributed by atoms with Gasteiger partial charge in [-0.3, -0.25) is 9.69 Å². The molecule has 0 N–H and O–H groups in total. The summed E-state index contributed by atoms with van der Waals surface area (Å²) in [7, 11) is 3.76. The molecule has 5 nitrogen and oxygen atoms in total. The SMILES string of the molecule is Cc1ccc(CN(C)CC(=O)N(C)[C@@H](C)c2nc3ccccc3s2)o1. The van der Waals surface area contributed by atoms with Crippen LogP contribution in [-0.4, -0.2) is 41.3 Å². The number of benzene rings is 1. The lowest BCUT2D eigenvalue weighted by molar-refractivity contribution is -0.132. The van der Waals surface area contributed by atoms with Crippen molar-refractivity contribution in [3.63, 3.8) is 0 Å². The molecule has 0 unspecified atom stereocenters. The normalized spacial score (nSPS) is 12.7. The van der Waals surface area contributed by atoms with Crippen LogP contribution in [0.5, 0.6) is 0 Å². The third kappa shape index (κ3) is 4.08. The van der Waals surface area contributed by atoms with Gasteiger partial charge in [-0.05, 0) is 45.2 Å². The number of aromatic nitrogens is 1. The summed E-state index contributed by atoms with van der Waals surface area (Å²) in [4.78, 5) is 21.0. The Morgan fingerprint density at radius 3 is 2.68 bits per heavy atom. The average Bonchev–Trinajstić information content (AvgIpc) is 3.19. The summed E-state index contributed by atoms with van der Waals surface area (Å²) in [6.45, 7) is 4.89. The molecule has 25 heavy (non-hydrogen) atoms. The zero-order valence-corrected chi connectivity index (χ0v) is 15.8. The predicted molar refractivity (Wildman–Crippen MR) is 101 cm³/mol. The highest BCUT2D eigenvalue weighted by atomic mass is 32.1. The fraction of sp³-hybridized carbons (Fsp3) is 0.368. The van der Waals surface area contributed by atoms with Crippen LogP contribution in [0.2, 0.25) is 0 Å². The molecule has 0 bridgehead atoms. The van der Waals surface area contributed by atoms with Gasteiger partial charge in [0.05, 0.1) is 29.3 Å². The molecule has 1 aromatic carbocycles. The standard InChI is InChI=1S/C19H23N3O2S/c1-13-9-10-15(24-13)11-21(3)12-18(23)22(4)14(2)19-20-16-7-5-6-8-17(16)25-19/h5-10,14H,11-12H2,1-4H3/t14-/m0/s1. The Morgan fingerprint density at radius 1 is 1.24 bits per heavy atom. The summed E-state index contributed by atoms with van der Waals surface area (Å²) in [6, 6.07) is 11.9. The molecule has 0 aliphatic rings. The number of thiazole rings is 1. The van der Waals surface area contributed by atoms with Crippen molar-refractivity contribution in [3.8, 4) is 0 Å². The number of fused-ring (bicyclic) bond motifs is 1. The Bertz CT molecular complexity index is 837. The topological polar surface area (TPSA) is 49.6 Å². The van der Waals surface area contributed by atoms with Crippen LogP contribution in [0.3, 0.4) is 0 Å². The van der Waals surface area contributed by atoms with Crippen LogP contribution in [-0.2, 0) is 11.3 Å². The first-order chi connectivity index (χ1) is 11.9. The smallest absolute Gasteiger partial charge is 0.237 e. The molecule has 1 atom stereocenters. The number of para-hydroxylation sites is 1. The quantitative estimate of drug-likeness (QED) is 0.672. The Labute approximate surface area is 151 Å². The first kappa shape index (κ1) is 17.6. The van der Waals surface area contributed by atoms with E-state index in [2.05, 4.69) is 11.1 Å². The zero-order chi connectivity index (χ0) is 18.0. The van der Waals surface area contributed by atoms with Gasteiger partial charge < -0.3 is 9.32 Å². The van der Waals surface area contributed by atoms with Crippen molar-refractivity contribution in [1.82, 2.24) is 14.8 Å². The number of hydrogen-bond acceptors (Lipinski definition) is 5. The van der Waals surface area contributed by atoms with Gasteiger partial charge in [-0.2, -0.15) is 0 Å². The van der Waals surface area contributed by atoms with E-state index in [4.69, 9.17) is 4.42 Å². The molecule has 3 rings (SSSR count). The molecule has 0 fully saturated rings. The van der Waals surface area contributed by atoms with E-state index in [1.165, 1.54) is 0 Å². The van der Waals surface area contributed by atoms with Gasteiger partial charge in [0.2, 0.25) is 5.91 Å². The molecule has 0 saturated carbocycles. The minimum atomic E-state index is -0.0517. The number of carbonyl (C=O) groups excluding carboxylic acids is 1. The second kappa shape index (κ2) is 7.37. The number of aryl methyl sites for hydroxylation is 1. The van der Waals surface area contributed by atoms with Crippen molar-refractivity contribution >= 4 is 27.5 Å². The van der Waals surface area contributed by atoms with Crippen LogP contribution >= 0.6 is 11.3 Å². The van der Waals surface area contributed by atoms with Crippen molar-refractivity contribution < 1.29 is 9.21 Å². The third-order valence-electron chi connectivity index (χ3n) is 4.27. The van der Waals surface area contributed by atoms with Crippen LogP contribution in [0, 0.1) is 6.92 Å². The first-order valence-electron chi connectivity index (χ1n) is 8.29. The Hall–Kier alpha value is -2.18. The van der Waals surface area contributed by atoms with Gasteiger partial charge >= 0.3 is 0 Å². The highest BCUT2D eigenvalue weighted by molar-refractivity contribution is 7.18. The lowest BCUT2D eigenvalue weighted by atomic mass is 10.3. The van der Waals surface area contributed by atoms with Gasteiger partial charge in [0.25, 0.3) is 0 Å². The first-order valence-corrected chi connectivity index (χ1v) is 9.10. The Balaban J connectivity index is 1.62. The Kier molecular flexibility index (Phi) is 5.20. The Morgan fingerprint density at radius 2 is 2.00 bits per heavy atom. The zero-order valence-electron chi connectivity index (χ0n) is 15.0. The summed E-state index contributed by atoms with van der Waals surface area (Å²) in [6.07, 6.45) is 0. The summed E-state index contributed by atoms with van der Waals surface area (Å²) in [5, 5.41) is 0.960. The van der Waals surface area contributed by atoms with Gasteiger partial charge in [0.1, 0.15) is 16.5 Å². The van der Waals surface area contributed by atoms with Crippen molar-refractivity contribution in [1.29, 1.82) is 0 Å². The van der Waals surface area contributed by atoms with Crippen LogP contribution in [0.1, 0.15) is 29.5 Å². The molecule has 0 aliphatic heterocycles. The van der Waals surface area contributed by atoms with E-state index < -0.39 is 0 Å². The fourth-order valence-electron chi connectivity index (χ4n) is 2.68. The minimum absolute atomic E-state index is 0.0517. The monoisotopic (exact) mass is 357 g/mol. The maximum absolute atomic E-state index is 12.6. The number of likely N-dealkylation sites (N-methyl/N-ethyl adjacent to an activating group) is 2. The highest BCUT2D eigenvalue weighted by Crippen LogP contribution is 2.28. The molecule has 0 spiro atoms. The van der Waals surface area contributed by atoms with Crippen molar-refractivity contribution in [2.45, 2.75) is 26.4 Å². The molecule has 0 saturated heterocycles. The minimum Gasteiger partial charge on any atom is -0.465 e. The number of nitrogens with zero attached hydrogens (tertiary/aromatic N) is 3. The summed E-state index contributed by atoms with van der Waals surface area (Å²) in [5.41, 5.74) is 0.987. The van der Waals surface area contributed by atoms with Crippen molar-refractivity contribution in [2.75, 3.05) is 20.6 Å². The number of furan rings is 1. The molecule has 2 aromatic heterocycles. The van der Waals surface area contributed by atoms with Gasteiger partial charge in [-0.1, -0.05) is 12.1 Å². The second-order valence-corrected chi connectivity index (χ2v) is 7.45. The summed E-state index contributed by atoms with van der Waals surface area (Å²) < 4.78 is 6.72. The molecule has 6 heteroatoms. The van der Waals surface area contributed by atoms with Crippen molar-refractivity contribution in [3.05, 3.63) is 52.9 Å². The molecular formula is C19H23N3O2S. The molecule has 3 aromatic rings. The second-order valence-electron chi connectivity index (χ2n) is 6.39. The van der Waals surface area contributed by atoms with Crippen LogP contribution in [0.25, 0.3) is 10.2 Å². The molecule has 0 radical (unpaired) electrons. The van der Waals surface area contributed by atoms with Gasteiger partial charge in [0, 0.05) is 7.05 Å². The van der Waals surface area contributed by atoms with Gasteiger partial charge in [0.15, 0.2) is 0 Å². The van der Waals surface area contributed by atoms with Crippen molar-refractivity contribution in [2.24, 2.45) is 0 Å². The largest absolute Gasteiger partial charge is 0.465 e. The van der Waals surface area contributed by atoms with Crippen LogP contribution in [0.15, 0.2) is 40.8 Å². The van der Waals surface area contributed by atoms with Crippen LogP contribution in [0.4, 0.5) is 0 Å². The van der Waals surface area contributed by atoms with E-state index in [9.17, 15) is 4.79 Å². The molecule has 132 valence electrons. The predicted octanol–water partition coefficient (Wildman–Crippen LogP) is 3.85. The summed E-state index contributed by atoms with van der Waals surface area (Å²) in [5.74, 6) is 1.82.